The number of rotatable bonds is 6. The van der Waals surface area contributed by atoms with Crippen molar-refractivity contribution in [3.8, 4) is 0 Å². The number of nitrogens with zero attached hydrogens (tertiary/aromatic N) is 2. The summed E-state index contributed by atoms with van der Waals surface area (Å²) in [5, 5.41) is 1.98. The molecule has 0 spiro atoms. The first-order valence-electron chi connectivity index (χ1n) is 11.5. The molecule has 0 aliphatic carbocycles. The molecule has 0 fully saturated rings. The lowest BCUT2D eigenvalue weighted by Crippen LogP contribution is -2.48. The number of thiophene rings is 1. The van der Waals surface area contributed by atoms with E-state index in [0.29, 0.717) is 19.0 Å². The van der Waals surface area contributed by atoms with Crippen molar-refractivity contribution >= 4 is 27.3 Å². The average molecular weight is 537 g/mol. The Bertz CT molecular complexity index is 1350. The molecule has 2 aromatic carbocycles. The molecule has 1 aliphatic heterocycles. The molecule has 1 aliphatic rings. The van der Waals surface area contributed by atoms with Crippen LogP contribution in [0.3, 0.4) is 0 Å². The molecule has 2 heterocycles. The van der Waals surface area contributed by atoms with Gasteiger partial charge < -0.3 is 4.90 Å². The van der Waals surface area contributed by atoms with E-state index in [1.54, 1.807) is 30.1 Å². The minimum absolute atomic E-state index is 0.363. The van der Waals surface area contributed by atoms with Crippen molar-refractivity contribution in [2.75, 3.05) is 13.1 Å². The van der Waals surface area contributed by atoms with Crippen LogP contribution in [0.4, 0.5) is 13.2 Å². The number of benzene rings is 2. The molecule has 192 valence electrons. The highest BCUT2D eigenvalue weighted by Crippen LogP contribution is 2.38. The topological polar surface area (TPSA) is 57.7 Å². The van der Waals surface area contributed by atoms with Crippen molar-refractivity contribution in [3.63, 3.8) is 0 Å². The first-order valence-corrected chi connectivity index (χ1v) is 13.8. The van der Waals surface area contributed by atoms with Crippen LogP contribution in [0.1, 0.15) is 47.0 Å². The predicted octanol–water partition coefficient (Wildman–Crippen LogP) is 5.65. The summed E-state index contributed by atoms with van der Waals surface area (Å²) in [4.78, 5) is 16.0. The zero-order chi connectivity index (χ0) is 26.3. The van der Waals surface area contributed by atoms with Crippen LogP contribution in [-0.4, -0.2) is 42.7 Å². The third-order valence-corrected chi connectivity index (χ3v) is 9.33. The van der Waals surface area contributed by atoms with Crippen LogP contribution in [0.2, 0.25) is 0 Å². The maximum Gasteiger partial charge on any atom is 0.416 e. The summed E-state index contributed by atoms with van der Waals surface area (Å²) in [6.07, 6.45) is -4.03. The van der Waals surface area contributed by atoms with Crippen molar-refractivity contribution in [3.05, 3.63) is 87.1 Å². The molecule has 10 heteroatoms. The fraction of sp³-hybridized carbons (Fsp3) is 0.346. The SMILES string of the molecule is Cc1ccc(C2c3ccsc3CCN2C(=O)CN(C(C)C)S(=O)(=O)c2cccc(C(F)(F)F)c2)cc1. The number of carbonyl (C=O) groups excluding carboxylic acids is 1. The second kappa shape index (κ2) is 9.99. The third kappa shape index (κ3) is 5.21. The van der Waals surface area contributed by atoms with E-state index in [0.717, 1.165) is 39.2 Å². The molecule has 0 bridgehead atoms. The van der Waals surface area contributed by atoms with Gasteiger partial charge in [-0.1, -0.05) is 35.9 Å². The molecule has 0 N–H and O–H groups in total. The van der Waals surface area contributed by atoms with E-state index in [1.165, 1.54) is 4.88 Å². The van der Waals surface area contributed by atoms with E-state index in [4.69, 9.17) is 0 Å². The van der Waals surface area contributed by atoms with Gasteiger partial charge in [0.1, 0.15) is 0 Å². The largest absolute Gasteiger partial charge is 0.416 e. The smallest absolute Gasteiger partial charge is 0.330 e. The molecule has 1 amide bonds. The van der Waals surface area contributed by atoms with E-state index >= 15 is 0 Å². The highest BCUT2D eigenvalue weighted by molar-refractivity contribution is 7.89. The van der Waals surface area contributed by atoms with Crippen LogP contribution < -0.4 is 0 Å². The lowest BCUT2D eigenvalue weighted by atomic mass is 9.92. The van der Waals surface area contributed by atoms with Crippen LogP contribution in [0.15, 0.2) is 64.9 Å². The maximum atomic E-state index is 13.6. The number of hydrogen-bond donors (Lipinski definition) is 0. The van der Waals surface area contributed by atoms with Gasteiger partial charge in [-0.2, -0.15) is 17.5 Å². The molecule has 0 radical (unpaired) electrons. The number of fused-ring (bicyclic) bond motifs is 1. The number of halogens is 3. The van der Waals surface area contributed by atoms with Crippen LogP contribution >= 0.6 is 11.3 Å². The van der Waals surface area contributed by atoms with Gasteiger partial charge in [0, 0.05) is 17.5 Å². The second-order valence-electron chi connectivity index (χ2n) is 9.12. The number of sulfonamides is 1. The quantitative estimate of drug-likeness (QED) is 0.409. The number of amides is 1. The molecule has 0 saturated carbocycles. The summed E-state index contributed by atoms with van der Waals surface area (Å²) in [7, 11) is -4.37. The van der Waals surface area contributed by atoms with Gasteiger partial charge >= 0.3 is 6.18 Å². The fourth-order valence-electron chi connectivity index (χ4n) is 4.43. The lowest BCUT2D eigenvalue weighted by Gasteiger charge is -2.38. The van der Waals surface area contributed by atoms with E-state index in [1.807, 2.05) is 42.6 Å². The molecule has 36 heavy (non-hydrogen) atoms. The number of aryl methyl sites for hydroxylation is 1. The fourth-order valence-corrected chi connectivity index (χ4v) is 6.97. The first-order chi connectivity index (χ1) is 16.9. The van der Waals surface area contributed by atoms with Crippen molar-refractivity contribution in [2.24, 2.45) is 0 Å². The van der Waals surface area contributed by atoms with Crippen LogP contribution in [0.25, 0.3) is 0 Å². The lowest BCUT2D eigenvalue weighted by molar-refractivity contribution is -0.137. The monoisotopic (exact) mass is 536 g/mol. The maximum absolute atomic E-state index is 13.6. The van der Waals surface area contributed by atoms with Crippen molar-refractivity contribution in [1.82, 2.24) is 9.21 Å². The molecule has 1 atom stereocenters. The standard InChI is InChI=1S/C26H27F3N2O3S2/c1-17(2)31(36(33,34)21-6-4-5-20(15-21)26(27,28)29)16-24(32)30-13-11-23-22(12-14-35-23)25(30)19-9-7-18(3)8-10-19/h4-10,12,14-15,17,25H,11,13,16H2,1-3H3. The normalized spacial score (nSPS) is 16.4. The van der Waals surface area contributed by atoms with Crippen molar-refractivity contribution < 1.29 is 26.4 Å². The Morgan fingerprint density at radius 1 is 1.14 bits per heavy atom. The van der Waals surface area contributed by atoms with E-state index in [2.05, 4.69) is 0 Å². The highest BCUT2D eigenvalue weighted by Gasteiger charge is 2.37. The van der Waals surface area contributed by atoms with Crippen molar-refractivity contribution in [1.29, 1.82) is 0 Å². The summed E-state index contributed by atoms with van der Waals surface area (Å²) >= 11 is 1.63. The van der Waals surface area contributed by atoms with E-state index < -0.39 is 45.2 Å². The summed E-state index contributed by atoms with van der Waals surface area (Å²) in [5.74, 6) is -0.401. The Kier molecular flexibility index (Phi) is 7.32. The Balaban J connectivity index is 1.67. The van der Waals surface area contributed by atoms with Crippen molar-refractivity contribution in [2.45, 2.75) is 50.3 Å². The van der Waals surface area contributed by atoms with Crippen LogP contribution in [-0.2, 0) is 27.4 Å². The summed E-state index contributed by atoms with van der Waals surface area (Å²) < 4.78 is 67.5. The summed E-state index contributed by atoms with van der Waals surface area (Å²) in [6.45, 7) is 5.12. The molecular formula is C26H27F3N2O3S2. The zero-order valence-electron chi connectivity index (χ0n) is 20.1. The van der Waals surface area contributed by atoms with Gasteiger partial charge in [0.15, 0.2) is 0 Å². The Labute approximate surface area is 213 Å². The Morgan fingerprint density at radius 3 is 2.47 bits per heavy atom. The molecule has 3 aromatic rings. The van der Waals surface area contributed by atoms with Gasteiger partial charge in [-0.15, -0.1) is 11.3 Å². The van der Waals surface area contributed by atoms with Gasteiger partial charge in [-0.05, 0) is 68.0 Å². The Hall–Kier alpha value is -2.69. The summed E-state index contributed by atoms with van der Waals surface area (Å²) in [6, 6.07) is 12.5. The molecular weight excluding hydrogens is 509 g/mol. The molecule has 1 aromatic heterocycles. The highest BCUT2D eigenvalue weighted by atomic mass is 32.2. The number of alkyl halides is 3. The van der Waals surface area contributed by atoms with Gasteiger partial charge in [0.05, 0.1) is 23.0 Å². The van der Waals surface area contributed by atoms with Crippen LogP contribution in [0, 0.1) is 6.92 Å². The predicted molar refractivity (Wildman–Crippen MR) is 133 cm³/mol. The average Bonchev–Trinajstić information content (AvgIpc) is 3.30. The van der Waals surface area contributed by atoms with E-state index in [9.17, 15) is 26.4 Å². The minimum atomic E-state index is -4.68. The minimum Gasteiger partial charge on any atom is -0.330 e. The number of hydrogen-bond acceptors (Lipinski definition) is 4. The van der Waals surface area contributed by atoms with E-state index in [-0.39, 0.29) is 6.04 Å². The van der Waals surface area contributed by atoms with Gasteiger partial charge in [0.25, 0.3) is 0 Å². The van der Waals surface area contributed by atoms with Gasteiger partial charge in [0.2, 0.25) is 15.9 Å². The molecule has 0 saturated heterocycles. The first kappa shape index (κ1) is 26.4. The second-order valence-corrected chi connectivity index (χ2v) is 12.0. The third-order valence-electron chi connectivity index (χ3n) is 6.31. The van der Waals surface area contributed by atoms with Gasteiger partial charge in [-0.3, -0.25) is 4.79 Å². The number of carbonyl (C=O) groups is 1. The molecule has 4 rings (SSSR count). The molecule has 1 unspecified atom stereocenters. The Morgan fingerprint density at radius 2 is 1.83 bits per heavy atom. The van der Waals surface area contributed by atoms with Crippen LogP contribution in [0.5, 0.6) is 0 Å². The molecule has 5 nitrogen and oxygen atoms in total. The summed E-state index contributed by atoms with van der Waals surface area (Å²) in [5.41, 5.74) is 1.96. The zero-order valence-corrected chi connectivity index (χ0v) is 21.8. The van der Waals surface area contributed by atoms with Gasteiger partial charge in [-0.25, -0.2) is 8.42 Å².